The molecule has 15 rings (SSSR count). The zero-order valence-corrected chi connectivity index (χ0v) is 54.2. The Labute approximate surface area is 569 Å². The molecule has 0 aromatic heterocycles. The Kier molecular flexibility index (Phi) is 18.9. The first-order valence-corrected chi connectivity index (χ1v) is 34.6. The number of rotatable bonds is 14. The van der Waals surface area contributed by atoms with Gasteiger partial charge in [-0.3, -0.25) is 20.2 Å². The van der Waals surface area contributed by atoms with Gasteiger partial charge in [0, 0.05) is 21.5 Å². The Morgan fingerprint density at radius 3 is 0.800 bits per heavy atom. The summed E-state index contributed by atoms with van der Waals surface area (Å²) in [7, 11) is -8.52. The van der Waals surface area contributed by atoms with Gasteiger partial charge in [-0.15, -0.1) is 0 Å². The summed E-state index contributed by atoms with van der Waals surface area (Å²) in [6.07, 6.45) is -10.1. The maximum absolute atomic E-state index is 12.6. The van der Waals surface area contributed by atoms with Crippen LogP contribution in [0.5, 0.6) is 17.2 Å². The molecule has 0 fully saturated rings. The third-order valence-electron chi connectivity index (χ3n) is 17.0. The number of fused-ring (bicyclic) bond motifs is 6. The lowest BCUT2D eigenvalue weighted by atomic mass is 9.97. The molecule has 0 saturated carbocycles. The molecule has 100 heavy (non-hydrogen) atoms. The number of nitrogens with zero attached hydrogens (tertiary/aromatic N) is 2. The van der Waals surface area contributed by atoms with Crippen LogP contribution in [0.1, 0.15) is 11.1 Å². The molecule has 0 bridgehead atoms. The van der Waals surface area contributed by atoms with Crippen LogP contribution < -0.4 is 55.6 Å². The molecule has 0 aliphatic carbocycles. The second-order valence-electron chi connectivity index (χ2n) is 23.0. The molecule has 0 radical (unpaired) electrons. The maximum Gasteiger partial charge on any atom is 0.416 e. The summed E-state index contributed by atoms with van der Waals surface area (Å²) in [5.41, 5.74) is -3.13. The van der Waals surface area contributed by atoms with Gasteiger partial charge in [0.25, 0.3) is 26.4 Å². The standard InChI is InChI=1S/2C36H25NO3P.C8H3BF6O3/c2*38-37(39)35-31-22-12-10-14-26(31)25-34-33(35)24-27-15-11-13-23-32(27)36(34)40-41(28-16-4-1-5-17-28,29-18-6-2-7-19-29)30-20-8-3-9-21-30;10-7(11,12)4-1-5(8(13,14)15)3-6(2-4)18-9(16)17/h2*1-25H;1-3H/q2*+1;-2. The molecular formula is C80H53BF6N2O9P2. The van der Waals surface area contributed by atoms with E-state index in [0.29, 0.717) is 33.0 Å². The minimum absolute atomic E-state index is 0.0942. The minimum atomic E-state index is -5.05. The van der Waals surface area contributed by atoms with Gasteiger partial charge in [0.2, 0.25) is 0 Å². The third kappa shape index (κ3) is 13.2. The van der Waals surface area contributed by atoms with Crippen LogP contribution in [-0.4, -0.2) is 17.2 Å². The first-order chi connectivity index (χ1) is 48.3. The second kappa shape index (κ2) is 28.1. The van der Waals surface area contributed by atoms with Gasteiger partial charge in [0.05, 0.1) is 48.3 Å². The second-order valence-corrected chi connectivity index (χ2v) is 28.9. The molecule has 0 aliphatic rings. The summed E-state index contributed by atoms with van der Waals surface area (Å²) in [5.74, 6) is 0.223. The fourth-order valence-electron chi connectivity index (χ4n) is 12.6. The summed E-state index contributed by atoms with van der Waals surface area (Å²) >= 11 is 0. The van der Waals surface area contributed by atoms with Crippen LogP contribution in [0, 0.1) is 20.2 Å². The van der Waals surface area contributed by atoms with Gasteiger partial charge in [-0.25, -0.2) is 0 Å². The van der Waals surface area contributed by atoms with E-state index in [1.54, 1.807) is 0 Å². The zero-order chi connectivity index (χ0) is 69.8. The topological polar surface area (TPSA) is 160 Å². The highest BCUT2D eigenvalue weighted by Crippen LogP contribution is 2.61. The van der Waals surface area contributed by atoms with Crippen molar-refractivity contribution in [2.24, 2.45) is 0 Å². The summed E-state index contributed by atoms with van der Waals surface area (Å²) in [6, 6.07) is 101. The predicted molar refractivity (Wildman–Crippen MR) is 386 cm³/mol. The lowest BCUT2D eigenvalue weighted by molar-refractivity contribution is -0.381. The lowest BCUT2D eigenvalue weighted by Crippen LogP contribution is -2.50. The summed E-state index contributed by atoms with van der Waals surface area (Å²) in [5, 5.41) is 60.7. The third-order valence-corrected chi connectivity index (χ3v) is 24.0. The van der Waals surface area contributed by atoms with Gasteiger partial charge in [0.15, 0.2) is 11.5 Å². The molecule has 0 unspecified atom stereocenters. The summed E-state index contributed by atoms with van der Waals surface area (Å²) in [4.78, 5) is 24.7. The molecule has 0 spiro atoms. The van der Waals surface area contributed by atoms with Crippen molar-refractivity contribution in [2.75, 3.05) is 0 Å². The Morgan fingerprint density at radius 2 is 0.540 bits per heavy atom. The largest absolute Gasteiger partial charge is 0.860 e. The van der Waals surface area contributed by atoms with Crippen molar-refractivity contribution in [3.63, 3.8) is 0 Å². The molecule has 0 heterocycles. The normalized spacial score (nSPS) is 11.8. The zero-order valence-electron chi connectivity index (χ0n) is 52.4. The predicted octanol–water partition coefficient (Wildman–Crippen LogP) is 17.5. The molecule has 0 aliphatic heterocycles. The Morgan fingerprint density at radius 1 is 0.300 bits per heavy atom. The monoisotopic (exact) mass is 1370 g/mol. The van der Waals surface area contributed by atoms with Gasteiger partial charge >= 0.3 is 12.4 Å². The number of alkyl halides is 6. The highest BCUT2D eigenvalue weighted by molar-refractivity contribution is 7.92. The molecule has 492 valence electrons. The molecular weight excluding hydrogens is 1320 g/mol. The van der Waals surface area contributed by atoms with Crippen LogP contribution in [0.2, 0.25) is 0 Å². The number of halogens is 6. The number of nitro groups is 2. The van der Waals surface area contributed by atoms with Crippen LogP contribution in [-0.2, 0) is 12.4 Å². The van der Waals surface area contributed by atoms with E-state index in [1.807, 2.05) is 231 Å². The number of benzene rings is 15. The van der Waals surface area contributed by atoms with E-state index in [1.165, 1.54) is 0 Å². The molecule has 0 amide bonds. The van der Waals surface area contributed by atoms with Crippen LogP contribution in [0.3, 0.4) is 0 Å². The van der Waals surface area contributed by atoms with Gasteiger partial charge < -0.3 is 23.7 Å². The van der Waals surface area contributed by atoms with Gasteiger partial charge in [-0.05, 0) is 149 Å². The highest BCUT2D eigenvalue weighted by Gasteiger charge is 2.52. The molecule has 0 saturated heterocycles. The van der Waals surface area contributed by atoms with E-state index in [4.69, 9.17) is 9.05 Å². The number of nitro benzene ring substituents is 2. The number of hydrogen-bond donors (Lipinski definition) is 0. The quantitative estimate of drug-likeness (QED) is 0.0258. The smallest absolute Gasteiger partial charge is 0.416 e. The van der Waals surface area contributed by atoms with Crippen LogP contribution in [0.15, 0.2) is 322 Å². The minimum Gasteiger partial charge on any atom is -0.860 e. The fourth-order valence-corrected chi connectivity index (χ4v) is 19.5. The van der Waals surface area contributed by atoms with E-state index in [-0.39, 0.29) is 39.4 Å². The molecule has 0 N–H and O–H groups in total. The van der Waals surface area contributed by atoms with Crippen molar-refractivity contribution in [3.05, 3.63) is 353 Å². The van der Waals surface area contributed by atoms with Crippen molar-refractivity contribution < 1.29 is 59.9 Å². The van der Waals surface area contributed by atoms with Crippen molar-refractivity contribution in [3.8, 4) is 17.2 Å². The van der Waals surface area contributed by atoms with Gasteiger partial charge in [-0.1, -0.05) is 194 Å². The van der Waals surface area contributed by atoms with Crippen molar-refractivity contribution in [1.82, 2.24) is 0 Å². The van der Waals surface area contributed by atoms with Crippen LogP contribution >= 0.6 is 15.0 Å². The Balaban J connectivity index is 0.000000145. The molecule has 15 aromatic rings. The van der Waals surface area contributed by atoms with E-state index < -0.39 is 51.5 Å². The summed E-state index contributed by atoms with van der Waals surface area (Å²) in [6.45, 7) is 0. The summed E-state index contributed by atoms with van der Waals surface area (Å²) < 4.78 is 92.7. The fraction of sp³-hybridized carbons (Fsp3) is 0.0250. The van der Waals surface area contributed by atoms with E-state index in [2.05, 4.69) is 77.5 Å². The molecule has 0 atom stereocenters. The number of hydrogen-bond acceptors (Lipinski definition) is 9. The van der Waals surface area contributed by atoms with E-state index in [9.17, 15) is 56.6 Å². The van der Waals surface area contributed by atoms with E-state index in [0.717, 1.165) is 74.9 Å². The highest BCUT2D eigenvalue weighted by atomic mass is 31.2. The Bertz CT molecular complexity index is 4980. The van der Waals surface area contributed by atoms with Crippen LogP contribution in [0.25, 0.3) is 64.6 Å². The molecule has 11 nitrogen and oxygen atoms in total. The van der Waals surface area contributed by atoms with Crippen LogP contribution in [0.4, 0.5) is 37.7 Å². The van der Waals surface area contributed by atoms with E-state index >= 15 is 0 Å². The average Bonchev–Trinajstić information content (AvgIpc) is 0.724. The maximum atomic E-state index is 12.6. The average molecular weight is 1370 g/mol. The van der Waals surface area contributed by atoms with Crippen molar-refractivity contribution in [1.29, 1.82) is 0 Å². The first-order valence-electron chi connectivity index (χ1n) is 31.2. The SMILES string of the molecule is O=[N+]([O-])c1c2ccccc2cc2c(O[P+](c3ccccc3)(c3ccccc3)c3ccccc3)c3ccccc3cc12.O=[N+]([O-])c1c2ccccc2cc2c(O[P+](c3ccccc3)(c3ccccc3)c3ccccc3)c3ccccc3cc12.[O-]B([O-])Oc1cc(C(F)(F)F)cc(C(F)(F)F)c1. The van der Waals surface area contributed by atoms with Gasteiger partial charge in [0.1, 0.15) is 39.1 Å². The van der Waals surface area contributed by atoms with Crippen molar-refractivity contribution >= 4 is 130 Å². The first kappa shape index (κ1) is 67.1. The lowest BCUT2D eigenvalue weighted by Gasteiger charge is -2.27. The molecule has 20 heteroatoms. The van der Waals surface area contributed by atoms with Gasteiger partial charge in [-0.2, -0.15) is 26.3 Å². The van der Waals surface area contributed by atoms with Crippen molar-refractivity contribution in [2.45, 2.75) is 12.4 Å². The Hall–Kier alpha value is -11.5. The molecule has 15 aromatic carbocycles. The number of non-ortho nitro benzene ring substituents is 2.